The van der Waals surface area contributed by atoms with Gasteiger partial charge in [-0.1, -0.05) is 0 Å². The van der Waals surface area contributed by atoms with Gasteiger partial charge < -0.3 is 19.8 Å². The van der Waals surface area contributed by atoms with Crippen LogP contribution in [0.2, 0.25) is 0 Å². The van der Waals surface area contributed by atoms with Crippen molar-refractivity contribution in [1.29, 1.82) is 0 Å². The summed E-state index contributed by atoms with van der Waals surface area (Å²) in [5.41, 5.74) is 0.660. The normalized spacial score (nSPS) is 23.8. The Morgan fingerprint density at radius 1 is 1.38 bits per heavy atom. The molecule has 1 aromatic rings. The van der Waals surface area contributed by atoms with E-state index >= 15 is 0 Å². The topological polar surface area (TPSA) is 63.5 Å². The number of carbonyl (C=O) groups is 1. The Kier molecular flexibility index (Phi) is 4.93. The minimum Gasteiger partial charge on any atom is -0.472 e. The molecule has 5 heteroatoms. The lowest BCUT2D eigenvalue weighted by Gasteiger charge is -2.27. The number of rotatable bonds is 4. The van der Waals surface area contributed by atoms with E-state index in [1.54, 1.807) is 12.5 Å². The number of furan rings is 1. The SMILES string of the molecule is CC(NC1CCCC1NC(=O)OC(C)(C)C)c1ccoc1. The van der Waals surface area contributed by atoms with Crippen molar-refractivity contribution < 1.29 is 13.9 Å². The van der Waals surface area contributed by atoms with Crippen LogP contribution in [-0.4, -0.2) is 23.8 Å². The van der Waals surface area contributed by atoms with Crippen molar-refractivity contribution in [2.24, 2.45) is 0 Å². The molecule has 1 heterocycles. The molecule has 0 aromatic carbocycles. The number of hydrogen-bond donors (Lipinski definition) is 2. The van der Waals surface area contributed by atoms with Gasteiger partial charge in [0.2, 0.25) is 0 Å². The van der Waals surface area contributed by atoms with Crippen LogP contribution in [0.3, 0.4) is 0 Å². The second kappa shape index (κ2) is 6.52. The first kappa shape index (κ1) is 15.9. The Balaban J connectivity index is 1.87. The van der Waals surface area contributed by atoms with Crippen LogP contribution < -0.4 is 10.6 Å². The van der Waals surface area contributed by atoms with Crippen LogP contribution in [0.4, 0.5) is 4.79 Å². The van der Waals surface area contributed by atoms with E-state index in [0.717, 1.165) is 24.8 Å². The number of ether oxygens (including phenoxy) is 1. The standard InChI is InChI=1S/C16H26N2O3/c1-11(12-8-9-20-10-12)17-13-6-5-7-14(13)18-15(19)21-16(2,3)4/h8-11,13-14,17H,5-7H2,1-4H3,(H,18,19). The lowest BCUT2D eigenvalue weighted by molar-refractivity contribution is 0.0497. The van der Waals surface area contributed by atoms with Crippen molar-refractivity contribution in [1.82, 2.24) is 10.6 Å². The maximum absolute atomic E-state index is 11.9. The molecule has 0 bridgehead atoms. The molecule has 2 N–H and O–H groups in total. The highest BCUT2D eigenvalue weighted by atomic mass is 16.6. The Morgan fingerprint density at radius 3 is 2.71 bits per heavy atom. The van der Waals surface area contributed by atoms with Crippen molar-refractivity contribution in [2.45, 2.75) is 70.7 Å². The third-order valence-corrected chi connectivity index (χ3v) is 3.73. The molecule has 0 spiro atoms. The Morgan fingerprint density at radius 2 is 2.10 bits per heavy atom. The molecule has 0 radical (unpaired) electrons. The molecule has 5 nitrogen and oxygen atoms in total. The van der Waals surface area contributed by atoms with E-state index in [2.05, 4.69) is 17.6 Å². The third-order valence-electron chi connectivity index (χ3n) is 3.73. The van der Waals surface area contributed by atoms with Gasteiger partial charge in [0.25, 0.3) is 0 Å². The van der Waals surface area contributed by atoms with E-state index in [9.17, 15) is 4.79 Å². The van der Waals surface area contributed by atoms with E-state index in [4.69, 9.17) is 9.15 Å². The lowest BCUT2D eigenvalue weighted by Crippen LogP contribution is -2.48. The zero-order valence-electron chi connectivity index (χ0n) is 13.3. The van der Waals surface area contributed by atoms with Crippen molar-refractivity contribution in [3.63, 3.8) is 0 Å². The van der Waals surface area contributed by atoms with Gasteiger partial charge in [-0.15, -0.1) is 0 Å². The van der Waals surface area contributed by atoms with Crippen molar-refractivity contribution in [2.75, 3.05) is 0 Å². The smallest absolute Gasteiger partial charge is 0.407 e. The number of carbonyl (C=O) groups excluding carboxylic acids is 1. The Labute approximate surface area is 126 Å². The zero-order valence-corrected chi connectivity index (χ0v) is 13.3. The first-order chi connectivity index (χ1) is 9.85. The average molecular weight is 294 g/mol. The molecule has 1 aliphatic rings. The molecule has 1 aliphatic carbocycles. The van der Waals surface area contributed by atoms with Crippen LogP contribution in [0.5, 0.6) is 0 Å². The molecule has 21 heavy (non-hydrogen) atoms. The molecule has 3 unspecified atom stereocenters. The van der Waals surface area contributed by atoms with Gasteiger partial charge in [0.1, 0.15) is 5.60 Å². The van der Waals surface area contributed by atoms with E-state index in [1.807, 2.05) is 26.8 Å². The zero-order chi connectivity index (χ0) is 15.5. The minimum atomic E-state index is -0.463. The molecule has 0 aliphatic heterocycles. The molecule has 118 valence electrons. The molecule has 1 fully saturated rings. The highest BCUT2D eigenvalue weighted by molar-refractivity contribution is 5.68. The predicted octanol–water partition coefficient (Wildman–Crippen LogP) is 3.38. The van der Waals surface area contributed by atoms with Gasteiger partial charge in [0.05, 0.1) is 12.5 Å². The fourth-order valence-electron chi connectivity index (χ4n) is 2.73. The van der Waals surface area contributed by atoms with E-state index < -0.39 is 5.60 Å². The summed E-state index contributed by atoms with van der Waals surface area (Å²) < 4.78 is 10.4. The van der Waals surface area contributed by atoms with Crippen LogP contribution in [0.25, 0.3) is 0 Å². The van der Waals surface area contributed by atoms with Crippen LogP contribution in [0.15, 0.2) is 23.0 Å². The van der Waals surface area contributed by atoms with E-state index in [0.29, 0.717) is 0 Å². The molecule has 1 aromatic heterocycles. The van der Waals surface area contributed by atoms with Gasteiger partial charge >= 0.3 is 6.09 Å². The summed E-state index contributed by atoms with van der Waals surface area (Å²) in [5.74, 6) is 0. The third kappa shape index (κ3) is 4.77. The number of nitrogens with one attached hydrogen (secondary N) is 2. The maximum atomic E-state index is 11.9. The number of amides is 1. The predicted molar refractivity (Wildman–Crippen MR) is 81.1 cm³/mol. The molecule has 0 saturated heterocycles. The fourth-order valence-corrected chi connectivity index (χ4v) is 2.73. The molecular formula is C16H26N2O3. The van der Waals surface area contributed by atoms with Gasteiger partial charge in [-0.05, 0) is 53.0 Å². The van der Waals surface area contributed by atoms with E-state index in [1.165, 1.54) is 0 Å². The van der Waals surface area contributed by atoms with Gasteiger partial charge in [0, 0.05) is 23.7 Å². The van der Waals surface area contributed by atoms with Crippen molar-refractivity contribution in [3.05, 3.63) is 24.2 Å². The van der Waals surface area contributed by atoms with Gasteiger partial charge in [0.15, 0.2) is 0 Å². The van der Waals surface area contributed by atoms with Crippen molar-refractivity contribution in [3.8, 4) is 0 Å². The van der Waals surface area contributed by atoms with Crippen LogP contribution in [0, 0.1) is 0 Å². The van der Waals surface area contributed by atoms with Crippen LogP contribution in [-0.2, 0) is 4.74 Å². The molecular weight excluding hydrogens is 268 g/mol. The summed E-state index contributed by atoms with van der Waals surface area (Å²) in [6, 6.07) is 2.55. The lowest BCUT2D eigenvalue weighted by atomic mass is 10.1. The highest BCUT2D eigenvalue weighted by Crippen LogP contribution is 2.23. The number of hydrogen-bond acceptors (Lipinski definition) is 4. The highest BCUT2D eigenvalue weighted by Gasteiger charge is 2.31. The monoisotopic (exact) mass is 294 g/mol. The Bertz CT molecular complexity index is 451. The summed E-state index contributed by atoms with van der Waals surface area (Å²) in [6.45, 7) is 7.72. The fraction of sp³-hybridized carbons (Fsp3) is 0.688. The second-order valence-corrected chi connectivity index (χ2v) is 6.74. The summed E-state index contributed by atoms with van der Waals surface area (Å²) >= 11 is 0. The van der Waals surface area contributed by atoms with Gasteiger partial charge in [-0.2, -0.15) is 0 Å². The molecule has 1 saturated carbocycles. The summed E-state index contributed by atoms with van der Waals surface area (Å²) in [6.07, 6.45) is 6.24. The number of alkyl carbamates (subject to hydrolysis) is 1. The summed E-state index contributed by atoms with van der Waals surface area (Å²) in [5, 5.41) is 6.56. The molecule has 1 amide bonds. The van der Waals surface area contributed by atoms with E-state index in [-0.39, 0.29) is 24.2 Å². The minimum absolute atomic E-state index is 0.120. The molecule has 3 atom stereocenters. The maximum Gasteiger partial charge on any atom is 0.407 e. The first-order valence-electron chi connectivity index (χ1n) is 7.63. The van der Waals surface area contributed by atoms with Crippen LogP contribution >= 0.6 is 0 Å². The summed E-state index contributed by atoms with van der Waals surface area (Å²) in [4.78, 5) is 11.9. The first-order valence-corrected chi connectivity index (χ1v) is 7.63. The van der Waals surface area contributed by atoms with Crippen LogP contribution in [0.1, 0.15) is 58.6 Å². The average Bonchev–Trinajstić information content (AvgIpc) is 2.98. The largest absolute Gasteiger partial charge is 0.472 e. The van der Waals surface area contributed by atoms with Gasteiger partial charge in [-0.25, -0.2) is 4.79 Å². The molecule has 2 rings (SSSR count). The Hall–Kier alpha value is -1.49. The summed E-state index contributed by atoms with van der Waals surface area (Å²) in [7, 11) is 0. The van der Waals surface area contributed by atoms with Gasteiger partial charge in [-0.3, -0.25) is 0 Å². The quantitative estimate of drug-likeness (QED) is 0.893. The van der Waals surface area contributed by atoms with Crippen molar-refractivity contribution >= 4 is 6.09 Å². The second-order valence-electron chi connectivity index (χ2n) is 6.74.